The fraction of sp³-hybridized carbons (Fsp3) is 0.0698. The van der Waals surface area contributed by atoms with Crippen LogP contribution in [0.2, 0.25) is 0 Å². The van der Waals surface area contributed by atoms with Gasteiger partial charge in [-0.25, -0.2) is 0 Å². The van der Waals surface area contributed by atoms with Crippen molar-refractivity contribution >= 4 is 50.1 Å². The molecule has 2 heterocycles. The van der Waals surface area contributed by atoms with E-state index in [-0.39, 0.29) is 0 Å². The Balaban J connectivity index is 1.34. The van der Waals surface area contributed by atoms with Crippen LogP contribution in [0, 0.1) is 0 Å². The minimum atomic E-state index is 1.05. The Morgan fingerprint density at radius 1 is 0.689 bits per heavy atom. The van der Waals surface area contributed by atoms with E-state index in [1.165, 1.54) is 60.8 Å². The molecule has 8 rings (SSSR count). The van der Waals surface area contributed by atoms with Crippen molar-refractivity contribution in [3.8, 4) is 16.8 Å². The third-order valence-corrected chi connectivity index (χ3v) is 9.15. The minimum absolute atomic E-state index is 1.05. The van der Waals surface area contributed by atoms with Crippen molar-refractivity contribution < 1.29 is 0 Å². The molecule has 0 N–H and O–H groups in total. The number of rotatable bonds is 6. The van der Waals surface area contributed by atoms with Crippen molar-refractivity contribution in [2.75, 3.05) is 0 Å². The first-order chi connectivity index (χ1) is 22.2. The molecule has 2 nitrogen and oxygen atoms in total. The summed E-state index contributed by atoms with van der Waals surface area (Å²) in [5.41, 5.74) is 13.4. The smallest absolute Gasteiger partial charge is 0.0547 e. The monoisotopic (exact) mass is 578 g/mol. The lowest BCUT2D eigenvalue weighted by Gasteiger charge is -2.13. The summed E-state index contributed by atoms with van der Waals surface area (Å²) in [6.45, 7) is 6.27. The number of hydrogen-bond donors (Lipinski definition) is 0. The molecular formula is C43H34N2. The number of allylic oxidation sites excluding steroid dienone is 6. The fourth-order valence-electron chi connectivity index (χ4n) is 7.03. The van der Waals surface area contributed by atoms with E-state index in [0.717, 1.165) is 29.7 Å². The molecule has 0 atom stereocenters. The van der Waals surface area contributed by atoms with Gasteiger partial charge in [-0.05, 0) is 78.4 Å². The predicted molar refractivity (Wildman–Crippen MR) is 194 cm³/mol. The molecule has 7 aromatic rings. The third-order valence-electron chi connectivity index (χ3n) is 9.15. The Bertz CT molecular complexity index is 2320. The number of fused-ring (bicyclic) bond motifs is 6. The molecule has 0 unspecified atom stereocenters. The van der Waals surface area contributed by atoms with Crippen molar-refractivity contribution in [2.45, 2.75) is 19.8 Å². The number of para-hydroxylation sites is 2. The highest BCUT2D eigenvalue weighted by molar-refractivity contribution is 6.12. The van der Waals surface area contributed by atoms with Crippen molar-refractivity contribution in [3.05, 3.63) is 169 Å². The van der Waals surface area contributed by atoms with Gasteiger partial charge >= 0.3 is 0 Å². The summed E-state index contributed by atoms with van der Waals surface area (Å²) in [5.74, 6) is 0. The van der Waals surface area contributed by atoms with E-state index in [0.29, 0.717) is 0 Å². The number of aromatic nitrogens is 2. The van der Waals surface area contributed by atoms with Gasteiger partial charge in [0.25, 0.3) is 0 Å². The molecule has 45 heavy (non-hydrogen) atoms. The maximum Gasteiger partial charge on any atom is 0.0547 e. The summed E-state index contributed by atoms with van der Waals surface area (Å²) in [6.07, 6.45) is 13.1. The van der Waals surface area contributed by atoms with Crippen molar-refractivity contribution in [1.82, 2.24) is 9.13 Å². The molecule has 0 spiro atoms. The van der Waals surface area contributed by atoms with Crippen LogP contribution in [-0.4, -0.2) is 9.13 Å². The standard InChI is InChI=1S/C43H34N2/c1-3-30(31-15-7-5-8-16-31)27-34(4-2)44-40-21-13-11-19-36(40)38-25-23-32(28-42(38)44)33-24-26-39-37-20-12-14-22-41(37)45(43(39)29-33)35-17-9-6-10-18-35/h3-13,15-21,23-29H,1,14,22H2,2H3/b30-27+,34-4+. The van der Waals surface area contributed by atoms with Crippen LogP contribution >= 0.6 is 0 Å². The van der Waals surface area contributed by atoms with Crippen LogP contribution in [0.5, 0.6) is 0 Å². The maximum atomic E-state index is 4.15. The van der Waals surface area contributed by atoms with Gasteiger partial charge in [0.05, 0.1) is 16.6 Å². The largest absolute Gasteiger partial charge is 0.313 e. The van der Waals surface area contributed by atoms with Crippen molar-refractivity contribution in [3.63, 3.8) is 0 Å². The molecule has 0 amide bonds. The average Bonchev–Trinajstić information content (AvgIpc) is 3.62. The minimum Gasteiger partial charge on any atom is -0.313 e. The van der Waals surface area contributed by atoms with Gasteiger partial charge in [-0.2, -0.15) is 0 Å². The SMILES string of the molecule is C=C/C(=C\C(=C/C)n1c2ccccc2c2ccc(-c3ccc4c5c(n(-c6ccccc6)c4c3)CCC=C5)cc21)c1ccccc1. The summed E-state index contributed by atoms with van der Waals surface area (Å²) >= 11 is 0. The van der Waals surface area contributed by atoms with Gasteiger partial charge in [-0.15, -0.1) is 0 Å². The van der Waals surface area contributed by atoms with Crippen LogP contribution in [0.3, 0.4) is 0 Å². The molecule has 1 aliphatic rings. The highest BCUT2D eigenvalue weighted by atomic mass is 15.0. The van der Waals surface area contributed by atoms with E-state index in [1.54, 1.807) is 0 Å². The van der Waals surface area contributed by atoms with Crippen LogP contribution in [0.25, 0.3) is 66.9 Å². The third kappa shape index (κ3) is 4.49. The van der Waals surface area contributed by atoms with Crippen LogP contribution in [-0.2, 0) is 6.42 Å². The van der Waals surface area contributed by atoms with E-state index < -0.39 is 0 Å². The van der Waals surface area contributed by atoms with Gasteiger partial charge in [-0.3, -0.25) is 0 Å². The Hall–Kier alpha value is -5.60. The topological polar surface area (TPSA) is 9.86 Å². The van der Waals surface area contributed by atoms with Gasteiger partial charge in [0.1, 0.15) is 0 Å². The van der Waals surface area contributed by atoms with Gasteiger partial charge in [0, 0.05) is 38.8 Å². The molecule has 2 aromatic heterocycles. The van der Waals surface area contributed by atoms with E-state index in [2.05, 4.69) is 168 Å². The van der Waals surface area contributed by atoms with Crippen LogP contribution < -0.4 is 0 Å². The maximum absolute atomic E-state index is 4.15. The number of benzene rings is 5. The molecule has 5 aromatic carbocycles. The molecule has 0 aliphatic heterocycles. The first-order valence-electron chi connectivity index (χ1n) is 15.7. The number of hydrogen-bond acceptors (Lipinski definition) is 0. The summed E-state index contributed by atoms with van der Waals surface area (Å²) in [4.78, 5) is 0. The molecule has 0 radical (unpaired) electrons. The first-order valence-corrected chi connectivity index (χ1v) is 15.7. The lowest BCUT2D eigenvalue weighted by Crippen LogP contribution is -2.02. The molecular weight excluding hydrogens is 544 g/mol. The molecule has 0 bridgehead atoms. The highest BCUT2D eigenvalue weighted by Crippen LogP contribution is 2.39. The Labute approximate surface area is 264 Å². The average molecular weight is 579 g/mol. The molecule has 0 saturated heterocycles. The second-order valence-corrected chi connectivity index (χ2v) is 11.7. The molecule has 216 valence electrons. The molecule has 2 heteroatoms. The quantitative estimate of drug-likeness (QED) is 0.174. The van der Waals surface area contributed by atoms with E-state index in [9.17, 15) is 0 Å². The van der Waals surface area contributed by atoms with Crippen molar-refractivity contribution in [1.29, 1.82) is 0 Å². The lowest BCUT2D eigenvalue weighted by molar-refractivity contribution is 0.888. The van der Waals surface area contributed by atoms with Gasteiger partial charge in [-0.1, -0.05) is 122 Å². The Morgan fingerprint density at radius 2 is 1.36 bits per heavy atom. The Kier molecular flexibility index (Phi) is 6.69. The first kappa shape index (κ1) is 27.0. The van der Waals surface area contributed by atoms with Crippen molar-refractivity contribution in [2.24, 2.45) is 0 Å². The van der Waals surface area contributed by atoms with Crippen LogP contribution in [0.4, 0.5) is 0 Å². The summed E-state index contributed by atoms with van der Waals surface area (Å²) in [5, 5.41) is 3.80. The van der Waals surface area contributed by atoms with E-state index >= 15 is 0 Å². The fourth-order valence-corrected chi connectivity index (χ4v) is 7.03. The van der Waals surface area contributed by atoms with E-state index in [1.807, 2.05) is 6.08 Å². The van der Waals surface area contributed by atoms with Gasteiger partial charge in [0.15, 0.2) is 0 Å². The summed E-state index contributed by atoms with van der Waals surface area (Å²) < 4.78 is 4.87. The predicted octanol–water partition coefficient (Wildman–Crippen LogP) is 11.5. The zero-order valence-electron chi connectivity index (χ0n) is 25.4. The van der Waals surface area contributed by atoms with Crippen LogP contribution in [0.1, 0.15) is 30.2 Å². The highest BCUT2D eigenvalue weighted by Gasteiger charge is 2.20. The lowest BCUT2D eigenvalue weighted by atomic mass is 9.99. The normalized spacial score (nSPS) is 13.5. The molecule has 0 fully saturated rings. The van der Waals surface area contributed by atoms with Crippen LogP contribution in [0.15, 0.2) is 152 Å². The van der Waals surface area contributed by atoms with Gasteiger partial charge < -0.3 is 9.13 Å². The number of nitrogens with zero attached hydrogens (tertiary/aromatic N) is 2. The molecule has 0 saturated carbocycles. The zero-order chi connectivity index (χ0) is 30.3. The Morgan fingerprint density at radius 3 is 2.11 bits per heavy atom. The second kappa shape index (κ2) is 11.2. The zero-order valence-corrected chi connectivity index (χ0v) is 25.4. The second-order valence-electron chi connectivity index (χ2n) is 11.7. The summed E-state index contributed by atoms with van der Waals surface area (Å²) in [7, 11) is 0. The van der Waals surface area contributed by atoms with E-state index in [4.69, 9.17) is 0 Å². The summed E-state index contributed by atoms with van der Waals surface area (Å²) in [6, 6.07) is 43.9. The molecule has 1 aliphatic carbocycles. The van der Waals surface area contributed by atoms with Gasteiger partial charge in [0.2, 0.25) is 0 Å².